The monoisotopic (exact) mass is 238 g/mol. The van der Waals surface area contributed by atoms with Gasteiger partial charge in [0.25, 0.3) is 0 Å². The Morgan fingerprint density at radius 3 is 2.59 bits per heavy atom. The first-order valence-electron chi connectivity index (χ1n) is 6.99. The molecule has 98 valence electrons. The molecule has 2 fully saturated rings. The average molecular weight is 238 g/mol. The zero-order valence-electron chi connectivity index (χ0n) is 11.2. The van der Waals surface area contributed by atoms with Crippen LogP contribution in [0.4, 0.5) is 0 Å². The maximum absolute atomic E-state index is 4.26. The first-order chi connectivity index (χ1) is 8.29. The molecule has 1 saturated heterocycles. The lowest BCUT2D eigenvalue weighted by molar-refractivity contribution is 0.232. The van der Waals surface area contributed by atoms with Crippen LogP contribution in [0.15, 0.2) is 4.99 Å². The van der Waals surface area contributed by atoms with E-state index < -0.39 is 0 Å². The summed E-state index contributed by atoms with van der Waals surface area (Å²) in [4.78, 5) is 6.81. The highest BCUT2D eigenvalue weighted by atomic mass is 15.2. The normalized spacial score (nSPS) is 30.1. The van der Waals surface area contributed by atoms with Crippen LogP contribution in [-0.4, -0.2) is 50.1 Å². The maximum atomic E-state index is 4.26. The minimum atomic E-state index is 0.649. The second-order valence-corrected chi connectivity index (χ2v) is 5.37. The van der Waals surface area contributed by atoms with Gasteiger partial charge >= 0.3 is 0 Å². The van der Waals surface area contributed by atoms with Crippen LogP contribution in [0.25, 0.3) is 0 Å². The number of piperidine rings is 1. The molecule has 0 spiro atoms. The lowest BCUT2D eigenvalue weighted by atomic mass is 10.1. The summed E-state index contributed by atoms with van der Waals surface area (Å²) in [7, 11) is 1.85. The van der Waals surface area contributed by atoms with Crippen LogP contribution in [0.5, 0.6) is 0 Å². The van der Waals surface area contributed by atoms with Gasteiger partial charge in [-0.3, -0.25) is 4.99 Å². The molecule has 1 aliphatic carbocycles. The van der Waals surface area contributed by atoms with Crippen LogP contribution in [0.1, 0.15) is 32.6 Å². The van der Waals surface area contributed by atoms with Gasteiger partial charge in [0.15, 0.2) is 5.96 Å². The fourth-order valence-corrected chi connectivity index (χ4v) is 2.41. The van der Waals surface area contributed by atoms with Crippen LogP contribution < -0.4 is 10.6 Å². The van der Waals surface area contributed by atoms with Crippen molar-refractivity contribution in [3.05, 3.63) is 0 Å². The Kier molecular flexibility index (Phi) is 4.66. The Labute approximate surface area is 105 Å². The van der Waals surface area contributed by atoms with E-state index in [-0.39, 0.29) is 0 Å². The van der Waals surface area contributed by atoms with Crippen LogP contribution >= 0.6 is 0 Å². The number of guanidine groups is 1. The van der Waals surface area contributed by atoms with Gasteiger partial charge in [-0.25, -0.2) is 0 Å². The van der Waals surface area contributed by atoms with E-state index in [1.54, 1.807) is 0 Å². The molecule has 1 saturated carbocycles. The van der Waals surface area contributed by atoms with Crippen LogP contribution in [-0.2, 0) is 0 Å². The molecule has 1 aliphatic heterocycles. The van der Waals surface area contributed by atoms with Crippen molar-refractivity contribution >= 4 is 5.96 Å². The first kappa shape index (κ1) is 12.7. The predicted molar refractivity (Wildman–Crippen MR) is 72.4 cm³/mol. The standard InChI is InChI=1S/C13H26N4/c1-11-10-12(11)16-13(14-2)15-6-9-17-7-4-3-5-8-17/h11-12H,3-10H2,1-2H3,(H2,14,15,16). The zero-order valence-corrected chi connectivity index (χ0v) is 11.2. The SMILES string of the molecule is CN=C(NCCN1CCCCC1)NC1CC1C. The van der Waals surface area contributed by atoms with Gasteiger partial charge in [-0.1, -0.05) is 13.3 Å². The lowest BCUT2D eigenvalue weighted by Gasteiger charge is -2.26. The summed E-state index contributed by atoms with van der Waals surface area (Å²) < 4.78 is 0. The van der Waals surface area contributed by atoms with Crippen LogP contribution in [0, 0.1) is 5.92 Å². The molecule has 0 bridgehead atoms. The number of rotatable bonds is 4. The smallest absolute Gasteiger partial charge is 0.191 e. The van der Waals surface area contributed by atoms with Crippen molar-refractivity contribution in [3.63, 3.8) is 0 Å². The molecule has 2 unspecified atom stereocenters. The van der Waals surface area contributed by atoms with Crippen molar-refractivity contribution in [3.8, 4) is 0 Å². The summed E-state index contributed by atoms with van der Waals surface area (Å²) in [5.74, 6) is 1.78. The Hall–Kier alpha value is -0.770. The van der Waals surface area contributed by atoms with E-state index in [9.17, 15) is 0 Å². The van der Waals surface area contributed by atoms with Gasteiger partial charge < -0.3 is 15.5 Å². The molecule has 2 aliphatic rings. The van der Waals surface area contributed by atoms with Crippen molar-refractivity contribution in [1.29, 1.82) is 0 Å². The molecule has 17 heavy (non-hydrogen) atoms. The molecule has 2 atom stereocenters. The number of nitrogens with one attached hydrogen (secondary N) is 2. The molecule has 4 nitrogen and oxygen atoms in total. The minimum absolute atomic E-state index is 0.649. The highest BCUT2D eigenvalue weighted by molar-refractivity contribution is 5.80. The summed E-state index contributed by atoms with van der Waals surface area (Å²) in [5.41, 5.74) is 0. The largest absolute Gasteiger partial charge is 0.355 e. The molecule has 0 aromatic rings. The van der Waals surface area contributed by atoms with Crippen molar-refractivity contribution in [1.82, 2.24) is 15.5 Å². The van der Waals surface area contributed by atoms with Gasteiger partial charge in [-0.15, -0.1) is 0 Å². The third kappa shape index (κ3) is 4.19. The first-order valence-corrected chi connectivity index (χ1v) is 6.99. The fraction of sp³-hybridized carbons (Fsp3) is 0.923. The second kappa shape index (κ2) is 6.24. The van der Waals surface area contributed by atoms with Gasteiger partial charge in [0.05, 0.1) is 0 Å². The number of nitrogens with zero attached hydrogens (tertiary/aromatic N) is 2. The molecular formula is C13H26N4. The lowest BCUT2D eigenvalue weighted by Crippen LogP contribution is -2.43. The molecule has 0 radical (unpaired) electrons. The molecule has 2 N–H and O–H groups in total. The van der Waals surface area contributed by atoms with Gasteiger partial charge in [-0.2, -0.15) is 0 Å². The van der Waals surface area contributed by atoms with Crippen LogP contribution in [0.2, 0.25) is 0 Å². The number of aliphatic imine (C=N–C) groups is 1. The molecule has 0 amide bonds. The minimum Gasteiger partial charge on any atom is -0.355 e. The van der Waals surface area contributed by atoms with E-state index in [2.05, 4.69) is 27.4 Å². The predicted octanol–water partition coefficient (Wildman–Crippen LogP) is 1.05. The highest BCUT2D eigenvalue weighted by Crippen LogP contribution is 2.28. The Bertz CT molecular complexity index is 258. The van der Waals surface area contributed by atoms with Crippen molar-refractivity contribution in [2.24, 2.45) is 10.9 Å². The van der Waals surface area contributed by atoms with E-state index in [4.69, 9.17) is 0 Å². The van der Waals surface area contributed by atoms with Crippen molar-refractivity contribution in [2.45, 2.75) is 38.6 Å². The molecule has 1 heterocycles. The summed E-state index contributed by atoms with van der Waals surface area (Å²) >= 11 is 0. The molecule has 0 aromatic carbocycles. The Morgan fingerprint density at radius 1 is 1.29 bits per heavy atom. The van der Waals surface area contributed by atoms with E-state index >= 15 is 0 Å². The zero-order chi connectivity index (χ0) is 12.1. The van der Waals surface area contributed by atoms with E-state index in [1.165, 1.54) is 38.8 Å². The van der Waals surface area contributed by atoms with Crippen molar-refractivity contribution in [2.75, 3.05) is 33.2 Å². The van der Waals surface area contributed by atoms with Gasteiger partial charge in [0.2, 0.25) is 0 Å². The fourth-order valence-electron chi connectivity index (χ4n) is 2.41. The molecule has 2 rings (SSSR count). The third-order valence-corrected chi connectivity index (χ3v) is 3.82. The quantitative estimate of drug-likeness (QED) is 0.568. The van der Waals surface area contributed by atoms with Gasteiger partial charge in [0, 0.05) is 26.2 Å². The number of likely N-dealkylation sites (tertiary alicyclic amines) is 1. The number of hydrogen-bond acceptors (Lipinski definition) is 2. The van der Waals surface area contributed by atoms with Gasteiger partial charge in [0.1, 0.15) is 0 Å². The molecular weight excluding hydrogens is 212 g/mol. The van der Waals surface area contributed by atoms with Crippen LogP contribution in [0.3, 0.4) is 0 Å². The summed E-state index contributed by atoms with van der Waals surface area (Å²) in [5, 5.41) is 6.85. The topological polar surface area (TPSA) is 39.7 Å². The van der Waals surface area contributed by atoms with E-state index in [0.29, 0.717) is 6.04 Å². The van der Waals surface area contributed by atoms with E-state index in [1.807, 2.05) is 7.05 Å². The summed E-state index contributed by atoms with van der Waals surface area (Å²) in [6.07, 6.45) is 5.43. The maximum Gasteiger partial charge on any atom is 0.191 e. The Balaban J connectivity index is 1.59. The molecule has 0 aromatic heterocycles. The summed E-state index contributed by atoms with van der Waals surface area (Å²) in [6, 6.07) is 0.649. The summed E-state index contributed by atoms with van der Waals surface area (Å²) in [6.45, 7) is 6.96. The second-order valence-electron chi connectivity index (χ2n) is 5.37. The average Bonchev–Trinajstić information content (AvgIpc) is 3.05. The van der Waals surface area contributed by atoms with Gasteiger partial charge in [-0.05, 0) is 38.3 Å². The van der Waals surface area contributed by atoms with Crippen molar-refractivity contribution < 1.29 is 0 Å². The molecule has 4 heteroatoms. The number of hydrogen-bond donors (Lipinski definition) is 2. The van der Waals surface area contributed by atoms with E-state index in [0.717, 1.165) is 25.0 Å². The Morgan fingerprint density at radius 2 is 2.00 bits per heavy atom. The highest BCUT2D eigenvalue weighted by Gasteiger charge is 2.33. The third-order valence-electron chi connectivity index (χ3n) is 3.82.